The first-order valence-electron chi connectivity index (χ1n) is 7.29. The van der Waals surface area contributed by atoms with E-state index < -0.39 is 10.0 Å². The number of benzene rings is 2. The summed E-state index contributed by atoms with van der Waals surface area (Å²) in [5.74, 6) is 1.29. The SMILES string of the molecule is Cl.O=S(=O)(N[C@@H]1CNC[C@H]1S)c1ccc(Oc2ccccc2)cc1. The summed E-state index contributed by atoms with van der Waals surface area (Å²) in [5.41, 5.74) is 0. The molecule has 1 fully saturated rings. The highest BCUT2D eigenvalue weighted by atomic mass is 35.5. The van der Waals surface area contributed by atoms with Gasteiger partial charge in [-0.1, -0.05) is 18.2 Å². The van der Waals surface area contributed by atoms with Crippen molar-refractivity contribution >= 4 is 35.1 Å². The number of thiol groups is 1. The van der Waals surface area contributed by atoms with Gasteiger partial charge in [0.05, 0.1) is 4.90 Å². The first-order chi connectivity index (χ1) is 11.0. The first kappa shape index (κ1) is 19.1. The third kappa shape index (κ3) is 4.64. The average Bonchev–Trinajstić information content (AvgIpc) is 2.93. The van der Waals surface area contributed by atoms with Crippen LogP contribution in [0.2, 0.25) is 0 Å². The van der Waals surface area contributed by atoms with Crippen LogP contribution in [0, 0.1) is 0 Å². The van der Waals surface area contributed by atoms with Crippen molar-refractivity contribution in [1.82, 2.24) is 10.0 Å². The summed E-state index contributed by atoms with van der Waals surface area (Å²) >= 11 is 4.37. The normalized spacial score (nSPS) is 20.4. The minimum absolute atomic E-state index is 0. The van der Waals surface area contributed by atoms with Crippen molar-refractivity contribution < 1.29 is 13.2 Å². The molecule has 3 rings (SSSR count). The van der Waals surface area contributed by atoms with Gasteiger partial charge < -0.3 is 10.1 Å². The summed E-state index contributed by atoms with van der Waals surface area (Å²) in [5, 5.41) is 3.09. The zero-order valence-electron chi connectivity index (χ0n) is 12.8. The zero-order chi connectivity index (χ0) is 16.3. The van der Waals surface area contributed by atoms with Gasteiger partial charge in [0.2, 0.25) is 10.0 Å². The van der Waals surface area contributed by atoms with E-state index in [9.17, 15) is 8.42 Å². The second-order valence-electron chi connectivity index (χ2n) is 5.34. The number of sulfonamides is 1. The van der Waals surface area contributed by atoms with Crippen molar-refractivity contribution in [2.75, 3.05) is 13.1 Å². The highest BCUT2D eigenvalue weighted by Crippen LogP contribution is 2.23. The minimum Gasteiger partial charge on any atom is -0.457 e. The lowest BCUT2D eigenvalue weighted by Crippen LogP contribution is -2.40. The molecule has 8 heteroatoms. The molecule has 2 aromatic rings. The molecule has 0 saturated carbocycles. The molecular formula is C16H19ClN2O3S2. The monoisotopic (exact) mass is 386 g/mol. The van der Waals surface area contributed by atoms with E-state index in [2.05, 4.69) is 22.7 Å². The van der Waals surface area contributed by atoms with Crippen LogP contribution >= 0.6 is 25.0 Å². The van der Waals surface area contributed by atoms with E-state index in [1.807, 2.05) is 30.3 Å². The molecule has 2 atom stereocenters. The molecule has 0 radical (unpaired) electrons. The molecule has 1 aliphatic rings. The molecule has 2 N–H and O–H groups in total. The molecule has 0 amide bonds. The summed E-state index contributed by atoms with van der Waals surface area (Å²) < 4.78 is 33.1. The Morgan fingerprint density at radius 1 is 1.00 bits per heavy atom. The molecule has 1 aliphatic heterocycles. The standard InChI is InChI=1S/C16H18N2O3S2.ClH/c19-23(20,18-15-10-17-11-16(15)22)14-8-6-13(7-9-14)21-12-4-2-1-3-5-12;/h1-9,15-18,22H,10-11H2;1H/t15-,16-;/m1./s1. The molecule has 1 heterocycles. The molecule has 0 aliphatic carbocycles. The lowest BCUT2D eigenvalue weighted by Gasteiger charge is -2.16. The second kappa shape index (κ2) is 8.22. The van der Waals surface area contributed by atoms with Gasteiger partial charge in [0, 0.05) is 24.4 Å². The molecule has 1 saturated heterocycles. The Labute approximate surface area is 153 Å². The first-order valence-corrected chi connectivity index (χ1v) is 9.29. The number of hydrogen-bond acceptors (Lipinski definition) is 5. The van der Waals surface area contributed by atoms with Crippen LogP contribution in [0.25, 0.3) is 0 Å². The van der Waals surface area contributed by atoms with Gasteiger partial charge in [-0.2, -0.15) is 12.6 Å². The van der Waals surface area contributed by atoms with Crippen molar-refractivity contribution in [3.63, 3.8) is 0 Å². The van der Waals surface area contributed by atoms with Crippen molar-refractivity contribution in [1.29, 1.82) is 0 Å². The van der Waals surface area contributed by atoms with E-state index in [-0.39, 0.29) is 28.6 Å². The summed E-state index contributed by atoms with van der Waals surface area (Å²) in [6, 6.07) is 15.5. The molecule has 0 aromatic heterocycles. The second-order valence-corrected chi connectivity index (χ2v) is 7.72. The Morgan fingerprint density at radius 2 is 1.62 bits per heavy atom. The van der Waals surface area contributed by atoms with Crippen molar-refractivity contribution in [3.8, 4) is 11.5 Å². The van der Waals surface area contributed by atoms with Gasteiger partial charge in [-0.05, 0) is 36.4 Å². The third-order valence-corrected chi connectivity index (χ3v) is 5.65. The third-order valence-electron chi connectivity index (χ3n) is 3.60. The number of hydrogen-bond donors (Lipinski definition) is 3. The lowest BCUT2D eigenvalue weighted by molar-refractivity contribution is 0.482. The predicted octanol–water partition coefficient (Wildman–Crippen LogP) is 2.45. The summed E-state index contributed by atoms with van der Waals surface area (Å²) in [6.07, 6.45) is 0. The Balaban J connectivity index is 0.00000208. The number of ether oxygens (including phenoxy) is 1. The predicted molar refractivity (Wildman–Crippen MR) is 100.0 cm³/mol. The summed E-state index contributed by atoms with van der Waals surface area (Å²) in [7, 11) is -3.56. The van der Waals surface area contributed by atoms with Gasteiger partial charge in [-0.25, -0.2) is 13.1 Å². The quantitative estimate of drug-likeness (QED) is 0.690. The van der Waals surface area contributed by atoms with Gasteiger partial charge in [0.1, 0.15) is 11.5 Å². The Morgan fingerprint density at radius 3 is 2.21 bits per heavy atom. The van der Waals surface area contributed by atoms with E-state index >= 15 is 0 Å². The van der Waals surface area contributed by atoms with E-state index in [1.165, 1.54) is 12.1 Å². The maximum absolute atomic E-state index is 12.4. The molecule has 2 aromatic carbocycles. The molecule has 5 nitrogen and oxygen atoms in total. The average molecular weight is 387 g/mol. The van der Waals surface area contributed by atoms with Crippen molar-refractivity contribution in [3.05, 3.63) is 54.6 Å². The Hall–Kier alpha value is -1.25. The largest absolute Gasteiger partial charge is 0.457 e. The van der Waals surface area contributed by atoms with Crippen LogP contribution in [0.5, 0.6) is 11.5 Å². The number of halogens is 1. The fourth-order valence-corrected chi connectivity index (χ4v) is 4.05. The van der Waals surface area contributed by atoms with Crippen LogP contribution in [0.15, 0.2) is 59.5 Å². The van der Waals surface area contributed by atoms with Crippen LogP contribution in [0.1, 0.15) is 0 Å². The lowest BCUT2D eigenvalue weighted by atomic mass is 10.3. The van der Waals surface area contributed by atoms with Crippen LogP contribution in [-0.4, -0.2) is 32.8 Å². The van der Waals surface area contributed by atoms with Gasteiger partial charge in [-0.3, -0.25) is 0 Å². The Bertz CT molecular complexity index is 755. The van der Waals surface area contributed by atoms with Crippen LogP contribution in [0.3, 0.4) is 0 Å². The van der Waals surface area contributed by atoms with Gasteiger partial charge >= 0.3 is 0 Å². The molecular weight excluding hydrogens is 368 g/mol. The van der Waals surface area contributed by atoms with Crippen molar-refractivity contribution in [2.24, 2.45) is 0 Å². The van der Waals surface area contributed by atoms with Crippen LogP contribution in [-0.2, 0) is 10.0 Å². The molecule has 0 bridgehead atoms. The number of rotatable bonds is 5. The highest BCUT2D eigenvalue weighted by Gasteiger charge is 2.28. The van der Waals surface area contributed by atoms with Gasteiger partial charge in [-0.15, -0.1) is 12.4 Å². The summed E-state index contributed by atoms with van der Waals surface area (Å²) in [4.78, 5) is 0.213. The topological polar surface area (TPSA) is 67.4 Å². The maximum Gasteiger partial charge on any atom is 0.240 e. The van der Waals surface area contributed by atoms with E-state index in [4.69, 9.17) is 4.74 Å². The zero-order valence-corrected chi connectivity index (χ0v) is 15.3. The van der Waals surface area contributed by atoms with Crippen molar-refractivity contribution in [2.45, 2.75) is 16.2 Å². The molecule has 130 valence electrons. The molecule has 24 heavy (non-hydrogen) atoms. The Kier molecular flexibility index (Phi) is 6.54. The molecule has 0 spiro atoms. The van der Waals surface area contributed by atoms with Crippen LogP contribution in [0.4, 0.5) is 0 Å². The van der Waals surface area contributed by atoms with E-state index in [0.717, 1.165) is 0 Å². The minimum atomic E-state index is -3.56. The fourth-order valence-electron chi connectivity index (χ4n) is 2.36. The summed E-state index contributed by atoms with van der Waals surface area (Å²) in [6.45, 7) is 1.28. The maximum atomic E-state index is 12.4. The highest BCUT2D eigenvalue weighted by molar-refractivity contribution is 7.89. The fraction of sp³-hybridized carbons (Fsp3) is 0.250. The van der Waals surface area contributed by atoms with Crippen LogP contribution < -0.4 is 14.8 Å². The van der Waals surface area contributed by atoms with E-state index in [0.29, 0.717) is 24.6 Å². The van der Waals surface area contributed by atoms with Gasteiger partial charge in [0.25, 0.3) is 0 Å². The number of nitrogens with one attached hydrogen (secondary N) is 2. The van der Waals surface area contributed by atoms with E-state index in [1.54, 1.807) is 12.1 Å². The smallest absolute Gasteiger partial charge is 0.240 e. The number of para-hydroxylation sites is 1. The molecule has 0 unspecified atom stereocenters. The van der Waals surface area contributed by atoms with Gasteiger partial charge in [0.15, 0.2) is 0 Å².